The zero-order valence-corrected chi connectivity index (χ0v) is 16.5. The van der Waals surface area contributed by atoms with E-state index in [0.717, 1.165) is 27.3 Å². The summed E-state index contributed by atoms with van der Waals surface area (Å²) in [5, 5.41) is 3.02. The van der Waals surface area contributed by atoms with Gasteiger partial charge in [-0.25, -0.2) is 4.79 Å². The van der Waals surface area contributed by atoms with Crippen LogP contribution >= 0.6 is 11.3 Å². The van der Waals surface area contributed by atoms with Gasteiger partial charge in [-0.15, -0.1) is 11.3 Å². The number of esters is 1. The first-order valence-electron chi connectivity index (χ1n) is 8.33. The van der Waals surface area contributed by atoms with Crippen molar-refractivity contribution < 1.29 is 14.3 Å². The van der Waals surface area contributed by atoms with E-state index in [1.54, 1.807) is 6.92 Å². The van der Waals surface area contributed by atoms with E-state index in [1.807, 2.05) is 58.9 Å². The Labute approximate surface area is 153 Å². The Morgan fingerprint density at radius 3 is 2.44 bits per heavy atom. The number of amides is 1. The van der Waals surface area contributed by atoms with Gasteiger partial charge in [-0.1, -0.05) is 32.9 Å². The summed E-state index contributed by atoms with van der Waals surface area (Å²) in [5.74, 6) is -0.345. The summed E-state index contributed by atoms with van der Waals surface area (Å²) in [6.45, 7) is 11.7. The molecule has 0 saturated carbocycles. The number of hydrogen-bond donors (Lipinski definition) is 1. The fourth-order valence-electron chi connectivity index (χ4n) is 2.30. The highest BCUT2D eigenvalue weighted by atomic mass is 32.1. The van der Waals surface area contributed by atoms with Gasteiger partial charge < -0.3 is 10.1 Å². The molecule has 1 aromatic carbocycles. The number of carbonyl (C=O) groups excluding carboxylic acids is 2. The summed E-state index contributed by atoms with van der Waals surface area (Å²) >= 11 is 1.39. The van der Waals surface area contributed by atoms with Gasteiger partial charge in [0.2, 0.25) is 5.91 Å². The van der Waals surface area contributed by atoms with Crippen molar-refractivity contribution in [2.75, 3.05) is 11.9 Å². The minimum atomic E-state index is -0.484. The second-order valence-corrected chi connectivity index (χ2v) is 8.15. The van der Waals surface area contributed by atoms with Crippen molar-refractivity contribution in [1.29, 1.82) is 0 Å². The lowest BCUT2D eigenvalue weighted by Crippen LogP contribution is -2.27. The van der Waals surface area contributed by atoms with Crippen molar-refractivity contribution in [3.05, 3.63) is 40.3 Å². The SMILES string of the molecule is CCOC(=O)c1sc(-c2ccc(C)cc2NC(=O)C(C)(C)C)cc1C. The Hall–Kier alpha value is -2.14. The van der Waals surface area contributed by atoms with E-state index in [-0.39, 0.29) is 11.9 Å². The van der Waals surface area contributed by atoms with E-state index < -0.39 is 5.41 Å². The molecule has 0 unspecified atom stereocenters. The molecule has 134 valence electrons. The number of ether oxygens (including phenoxy) is 1. The maximum absolute atomic E-state index is 12.4. The van der Waals surface area contributed by atoms with Crippen LogP contribution in [0.5, 0.6) is 0 Å². The Balaban J connectivity index is 2.45. The predicted molar refractivity (Wildman–Crippen MR) is 103 cm³/mol. The van der Waals surface area contributed by atoms with E-state index in [4.69, 9.17) is 4.74 Å². The van der Waals surface area contributed by atoms with Crippen LogP contribution in [0.1, 0.15) is 48.5 Å². The largest absolute Gasteiger partial charge is 0.462 e. The number of carbonyl (C=O) groups is 2. The summed E-state index contributed by atoms with van der Waals surface area (Å²) < 4.78 is 5.12. The van der Waals surface area contributed by atoms with E-state index in [1.165, 1.54) is 11.3 Å². The Bertz CT molecular complexity index is 800. The first-order valence-corrected chi connectivity index (χ1v) is 9.15. The van der Waals surface area contributed by atoms with Crippen LogP contribution in [-0.4, -0.2) is 18.5 Å². The molecular formula is C20H25NO3S. The van der Waals surface area contributed by atoms with E-state index >= 15 is 0 Å². The summed E-state index contributed by atoms with van der Waals surface area (Å²) in [6, 6.07) is 7.90. The average Bonchev–Trinajstić information content (AvgIpc) is 2.88. The quantitative estimate of drug-likeness (QED) is 0.764. The normalized spacial score (nSPS) is 11.3. The molecule has 0 radical (unpaired) electrons. The first-order chi connectivity index (χ1) is 11.6. The van der Waals surface area contributed by atoms with Crippen LogP contribution in [0.4, 0.5) is 5.69 Å². The highest BCUT2D eigenvalue weighted by molar-refractivity contribution is 7.17. The molecule has 0 saturated heterocycles. The van der Waals surface area contributed by atoms with Crippen molar-refractivity contribution in [3.63, 3.8) is 0 Å². The predicted octanol–water partition coefficient (Wildman–Crippen LogP) is 5.19. The van der Waals surface area contributed by atoms with Crippen LogP contribution in [-0.2, 0) is 9.53 Å². The third kappa shape index (κ3) is 4.48. The molecule has 25 heavy (non-hydrogen) atoms. The van der Waals surface area contributed by atoms with Gasteiger partial charge >= 0.3 is 5.97 Å². The monoisotopic (exact) mass is 359 g/mol. The van der Waals surface area contributed by atoms with Crippen LogP contribution in [0.3, 0.4) is 0 Å². The van der Waals surface area contributed by atoms with Crippen molar-refractivity contribution in [1.82, 2.24) is 0 Å². The summed E-state index contributed by atoms with van der Waals surface area (Å²) in [4.78, 5) is 26.0. The molecule has 1 heterocycles. The number of benzene rings is 1. The first kappa shape index (κ1) is 19.2. The third-order valence-electron chi connectivity index (χ3n) is 3.75. The number of aryl methyl sites for hydroxylation is 2. The smallest absolute Gasteiger partial charge is 0.348 e. The Morgan fingerprint density at radius 2 is 1.84 bits per heavy atom. The minimum absolute atomic E-state index is 0.0433. The van der Waals surface area contributed by atoms with E-state index in [2.05, 4.69) is 5.32 Å². The lowest BCUT2D eigenvalue weighted by molar-refractivity contribution is -0.123. The van der Waals surface area contributed by atoms with Gasteiger partial charge in [0, 0.05) is 21.5 Å². The second kappa shape index (κ2) is 7.40. The molecule has 1 amide bonds. The molecular weight excluding hydrogens is 334 g/mol. The number of thiophene rings is 1. The van der Waals surface area contributed by atoms with Gasteiger partial charge in [-0.3, -0.25) is 4.79 Å². The van der Waals surface area contributed by atoms with Gasteiger partial charge in [0.15, 0.2) is 0 Å². The Morgan fingerprint density at radius 1 is 1.16 bits per heavy atom. The van der Waals surface area contributed by atoms with Crippen LogP contribution < -0.4 is 5.32 Å². The van der Waals surface area contributed by atoms with Crippen LogP contribution in [0.2, 0.25) is 0 Å². The fourth-order valence-corrected chi connectivity index (χ4v) is 3.41. The van der Waals surface area contributed by atoms with Crippen LogP contribution in [0, 0.1) is 19.3 Å². The highest BCUT2D eigenvalue weighted by Gasteiger charge is 2.23. The van der Waals surface area contributed by atoms with E-state index in [9.17, 15) is 9.59 Å². The lowest BCUT2D eigenvalue weighted by Gasteiger charge is -2.19. The standard InChI is InChI=1S/C20H25NO3S/c1-7-24-18(22)17-13(3)11-16(25-17)14-9-8-12(2)10-15(14)21-19(23)20(4,5)6/h8-11H,7H2,1-6H3,(H,21,23). The molecule has 0 aliphatic carbocycles. The van der Waals surface area contributed by atoms with Crippen molar-refractivity contribution >= 4 is 28.9 Å². The molecule has 0 atom stereocenters. The summed E-state index contributed by atoms with van der Waals surface area (Å²) in [6.07, 6.45) is 0. The van der Waals surface area contributed by atoms with Crippen LogP contribution in [0.15, 0.2) is 24.3 Å². The molecule has 0 fully saturated rings. The molecule has 0 bridgehead atoms. The molecule has 0 spiro atoms. The molecule has 1 aromatic heterocycles. The molecule has 0 aliphatic heterocycles. The number of rotatable bonds is 4. The molecule has 2 aromatic rings. The summed E-state index contributed by atoms with van der Waals surface area (Å²) in [7, 11) is 0. The third-order valence-corrected chi connectivity index (χ3v) is 5.00. The molecule has 2 rings (SSSR count). The second-order valence-electron chi connectivity index (χ2n) is 7.10. The van der Waals surface area contributed by atoms with Crippen molar-refractivity contribution in [2.45, 2.75) is 41.5 Å². The van der Waals surface area contributed by atoms with Gasteiger partial charge in [-0.05, 0) is 44.0 Å². The minimum Gasteiger partial charge on any atom is -0.462 e. The number of nitrogens with one attached hydrogen (secondary N) is 1. The highest BCUT2D eigenvalue weighted by Crippen LogP contribution is 2.37. The molecule has 5 heteroatoms. The topological polar surface area (TPSA) is 55.4 Å². The maximum atomic E-state index is 12.4. The lowest BCUT2D eigenvalue weighted by atomic mass is 9.95. The van der Waals surface area contributed by atoms with Crippen LogP contribution in [0.25, 0.3) is 10.4 Å². The van der Waals surface area contributed by atoms with E-state index in [0.29, 0.717) is 11.5 Å². The van der Waals surface area contributed by atoms with Crippen molar-refractivity contribution in [3.8, 4) is 10.4 Å². The Kier molecular flexibility index (Phi) is 5.68. The maximum Gasteiger partial charge on any atom is 0.348 e. The molecule has 0 aliphatic rings. The van der Waals surface area contributed by atoms with Crippen molar-refractivity contribution in [2.24, 2.45) is 5.41 Å². The van der Waals surface area contributed by atoms with Gasteiger partial charge in [0.05, 0.1) is 6.61 Å². The molecule has 4 nitrogen and oxygen atoms in total. The van der Waals surface area contributed by atoms with Gasteiger partial charge in [-0.2, -0.15) is 0 Å². The van der Waals surface area contributed by atoms with Gasteiger partial charge in [0.25, 0.3) is 0 Å². The van der Waals surface area contributed by atoms with Gasteiger partial charge in [0.1, 0.15) is 4.88 Å². The number of hydrogen-bond acceptors (Lipinski definition) is 4. The molecule has 1 N–H and O–H groups in total. The zero-order valence-electron chi connectivity index (χ0n) is 15.6. The average molecular weight is 359 g/mol. The summed E-state index contributed by atoms with van der Waals surface area (Å²) in [5.41, 5.74) is 3.13. The number of anilines is 1. The fraction of sp³-hybridized carbons (Fsp3) is 0.400. The zero-order chi connectivity index (χ0) is 18.8.